The minimum absolute atomic E-state index is 0.00240. The van der Waals surface area contributed by atoms with Crippen molar-refractivity contribution in [2.45, 2.75) is 32.7 Å². The fourth-order valence-corrected chi connectivity index (χ4v) is 3.21. The van der Waals surface area contributed by atoms with Crippen LogP contribution in [0.1, 0.15) is 34.7 Å². The van der Waals surface area contributed by atoms with E-state index in [9.17, 15) is 19.5 Å². The Hall–Kier alpha value is -3.27. The second kappa shape index (κ2) is 7.77. The summed E-state index contributed by atoms with van der Waals surface area (Å²) in [6.45, 7) is 7.52. The minimum Gasteiger partial charge on any atom is -0.503 e. The lowest BCUT2D eigenvalue weighted by Crippen LogP contribution is -2.49. The van der Waals surface area contributed by atoms with Gasteiger partial charge in [0.1, 0.15) is 5.56 Å². The first-order chi connectivity index (χ1) is 13.4. The average molecular weight is 387 g/mol. The first-order valence-corrected chi connectivity index (χ1v) is 8.71. The first-order valence-electron chi connectivity index (χ1n) is 8.71. The number of aliphatic imine (C=N–C) groups is 2. The molecule has 0 unspecified atom stereocenters. The van der Waals surface area contributed by atoms with Gasteiger partial charge in [-0.25, -0.2) is 0 Å². The quantitative estimate of drug-likeness (QED) is 0.694. The normalized spacial score (nSPS) is 21.6. The zero-order valence-corrected chi connectivity index (χ0v) is 15.6. The van der Waals surface area contributed by atoms with Crippen molar-refractivity contribution >= 4 is 24.7 Å². The Morgan fingerprint density at radius 3 is 2.93 bits per heavy atom. The van der Waals surface area contributed by atoms with Crippen LogP contribution in [0.3, 0.4) is 0 Å². The van der Waals surface area contributed by atoms with Crippen LogP contribution in [0, 0.1) is 0 Å². The molecule has 28 heavy (non-hydrogen) atoms. The number of ether oxygens (including phenoxy) is 1. The van der Waals surface area contributed by atoms with E-state index in [0.717, 1.165) is 0 Å². The number of carbonyl (C=O) groups excluding carboxylic acids is 2. The number of rotatable bonds is 5. The summed E-state index contributed by atoms with van der Waals surface area (Å²) >= 11 is 0. The van der Waals surface area contributed by atoms with Crippen LogP contribution in [0.2, 0.25) is 0 Å². The van der Waals surface area contributed by atoms with E-state index < -0.39 is 29.2 Å². The second-order valence-corrected chi connectivity index (χ2v) is 6.44. The van der Waals surface area contributed by atoms with Crippen LogP contribution in [-0.4, -0.2) is 64.7 Å². The van der Waals surface area contributed by atoms with Crippen LogP contribution in [-0.2, 0) is 11.3 Å². The van der Waals surface area contributed by atoms with Gasteiger partial charge in [-0.2, -0.15) is 0 Å². The fourth-order valence-electron chi connectivity index (χ4n) is 3.21. The fraction of sp³-hybridized carbons (Fsp3) is 0.389. The summed E-state index contributed by atoms with van der Waals surface area (Å²) in [5.74, 6) is -1.95. The van der Waals surface area contributed by atoms with E-state index in [4.69, 9.17) is 4.74 Å². The Bertz CT molecular complexity index is 948. The van der Waals surface area contributed by atoms with E-state index in [1.165, 1.54) is 21.9 Å². The number of pyridine rings is 1. The monoisotopic (exact) mass is 387 g/mol. The Morgan fingerprint density at radius 1 is 1.50 bits per heavy atom. The maximum Gasteiger partial charge on any atom is 0.276 e. The molecule has 1 aromatic rings. The highest BCUT2D eigenvalue weighted by Crippen LogP contribution is 2.29. The second-order valence-electron chi connectivity index (χ2n) is 6.44. The summed E-state index contributed by atoms with van der Waals surface area (Å²) in [7, 11) is 0. The predicted octanol–water partition coefficient (Wildman–Crippen LogP) is 0.117. The molecule has 2 aliphatic rings. The lowest BCUT2D eigenvalue weighted by molar-refractivity contribution is 0.00625. The molecule has 2 amide bonds. The van der Waals surface area contributed by atoms with Crippen molar-refractivity contribution < 1.29 is 19.4 Å². The zero-order valence-electron chi connectivity index (χ0n) is 15.6. The number of fused-ring (bicyclic) bond motifs is 2. The number of aromatic nitrogens is 1. The molecular weight excluding hydrogens is 366 g/mol. The van der Waals surface area contributed by atoms with E-state index in [-0.39, 0.29) is 30.4 Å². The van der Waals surface area contributed by atoms with Crippen molar-refractivity contribution in [1.29, 1.82) is 0 Å². The van der Waals surface area contributed by atoms with Gasteiger partial charge in [-0.3, -0.25) is 24.4 Å². The molecule has 2 atom stereocenters. The van der Waals surface area contributed by atoms with Crippen molar-refractivity contribution in [3.63, 3.8) is 0 Å². The highest BCUT2D eigenvalue weighted by atomic mass is 16.5. The van der Waals surface area contributed by atoms with Gasteiger partial charge in [0.05, 0.1) is 31.4 Å². The zero-order chi connectivity index (χ0) is 20.4. The van der Waals surface area contributed by atoms with Gasteiger partial charge in [0, 0.05) is 18.6 Å². The smallest absolute Gasteiger partial charge is 0.276 e. The Balaban J connectivity index is 1.90. The van der Waals surface area contributed by atoms with E-state index in [0.29, 0.717) is 12.3 Å². The van der Waals surface area contributed by atoms with Gasteiger partial charge >= 0.3 is 0 Å². The van der Waals surface area contributed by atoms with Crippen LogP contribution < -0.4 is 10.7 Å². The Kier molecular flexibility index (Phi) is 5.41. The molecule has 1 aromatic heterocycles. The number of hydrogen-bond donors (Lipinski definition) is 2. The molecule has 3 heterocycles. The number of hydrogen-bond acceptors (Lipinski definition) is 7. The van der Waals surface area contributed by atoms with E-state index in [1.54, 1.807) is 13.1 Å². The van der Waals surface area contributed by atoms with Crippen LogP contribution in [0.15, 0.2) is 32.9 Å². The summed E-state index contributed by atoms with van der Waals surface area (Å²) < 4.78 is 6.97. The molecule has 2 N–H and O–H groups in total. The molecule has 10 heteroatoms. The highest BCUT2D eigenvalue weighted by molar-refractivity contribution is 5.99. The van der Waals surface area contributed by atoms with Crippen LogP contribution in [0.25, 0.3) is 0 Å². The van der Waals surface area contributed by atoms with E-state index >= 15 is 0 Å². The van der Waals surface area contributed by atoms with Gasteiger partial charge < -0.3 is 24.6 Å². The van der Waals surface area contributed by atoms with Crippen molar-refractivity contribution in [1.82, 2.24) is 14.8 Å². The van der Waals surface area contributed by atoms with E-state index in [2.05, 4.69) is 22.0 Å². The third kappa shape index (κ3) is 3.33. The molecule has 0 spiro atoms. The minimum atomic E-state index is -0.910. The molecular formula is C18H21N5O5. The Labute approximate surface area is 160 Å². The van der Waals surface area contributed by atoms with Crippen molar-refractivity contribution in [3.05, 3.63) is 39.6 Å². The van der Waals surface area contributed by atoms with Crippen LogP contribution in [0.5, 0.6) is 5.75 Å². The third-order valence-electron chi connectivity index (χ3n) is 4.61. The number of aromatic hydroxyl groups is 1. The molecule has 10 nitrogen and oxygen atoms in total. The lowest BCUT2D eigenvalue weighted by atomic mass is 10.1. The summed E-state index contributed by atoms with van der Waals surface area (Å²) in [5, 5.41) is 12.9. The molecule has 0 aromatic carbocycles. The number of carbonyl (C=O) groups is 2. The number of nitrogens with one attached hydrogen (secondary N) is 1. The SMILES string of the molecule is C=N/C(=C\N=C/C)CNC(=O)c1cn2c(c(O)c1=O)C(=O)N1[C@@H](C)CO[C@@H]1C2. The van der Waals surface area contributed by atoms with Gasteiger partial charge in [0.15, 0.2) is 17.7 Å². The van der Waals surface area contributed by atoms with Crippen molar-refractivity contribution in [3.8, 4) is 5.75 Å². The summed E-state index contributed by atoms with van der Waals surface area (Å²) in [4.78, 5) is 46.8. The van der Waals surface area contributed by atoms with E-state index in [1.807, 2.05) is 6.92 Å². The largest absolute Gasteiger partial charge is 0.503 e. The number of nitrogens with zero attached hydrogens (tertiary/aromatic N) is 4. The topological polar surface area (TPSA) is 126 Å². The van der Waals surface area contributed by atoms with Crippen LogP contribution in [0.4, 0.5) is 0 Å². The molecule has 0 aliphatic carbocycles. The molecule has 0 saturated carbocycles. The molecule has 0 radical (unpaired) electrons. The van der Waals surface area contributed by atoms with Gasteiger partial charge in [0.2, 0.25) is 5.43 Å². The standard InChI is InChI=1S/C18H21N5O5/c1-4-20-5-11(19-3)6-21-17(26)12-7-22-8-13-23(10(2)9-28-13)18(27)14(22)16(25)15(12)24/h4-5,7,10,13,25H,3,6,8-9H2,1-2H3,(H,21,26)/b11-5-,20-4-/t10-,13+/m0/s1. The maximum atomic E-state index is 12.7. The molecule has 1 fully saturated rings. The van der Waals surface area contributed by atoms with Crippen molar-refractivity contribution in [2.24, 2.45) is 9.98 Å². The number of amides is 2. The van der Waals surface area contributed by atoms with Crippen molar-refractivity contribution in [2.75, 3.05) is 13.2 Å². The predicted molar refractivity (Wildman–Crippen MR) is 102 cm³/mol. The average Bonchev–Trinajstić information content (AvgIpc) is 3.05. The summed E-state index contributed by atoms with van der Waals surface area (Å²) in [6, 6.07) is -0.161. The van der Waals surface area contributed by atoms with Gasteiger partial charge in [0.25, 0.3) is 11.8 Å². The summed E-state index contributed by atoms with van der Waals surface area (Å²) in [6.07, 6.45) is 3.74. The van der Waals surface area contributed by atoms with Gasteiger partial charge in [-0.1, -0.05) is 0 Å². The maximum absolute atomic E-state index is 12.7. The molecule has 3 rings (SSSR count). The lowest BCUT2D eigenvalue weighted by Gasteiger charge is -2.33. The Morgan fingerprint density at radius 2 is 2.25 bits per heavy atom. The molecule has 148 valence electrons. The molecule has 0 bridgehead atoms. The first kappa shape index (κ1) is 19.5. The summed E-state index contributed by atoms with van der Waals surface area (Å²) in [5.41, 5.74) is -0.934. The van der Waals surface area contributed by atoms with Crippen LogP contribution >= 0.6 is 0 Å². The van der Waals surface area contributed by atoms with Gasteiger partial charge in [-0.15, -0.1) is 0 Å². The highest BCUT2D eigenvalue weighted by Gasteiger charge is 2.42. The third-order valence-corrected chi connectivity index (χ3v) is 4.61. The molecule has 1 saturated heterocycles. The molecule has 2 aliphatic heterocycles. The van der Waals surface area contributed by atoms with Gasteiger partial charge in [-0.05, 0) is 20.6 Å².